The number of halogens is 1. The zero-order valence-electron chi connectivity index (χ0n) is 11.4. The lowest BCUT2D eigenvalue weighted by molar-refractivity contribution is -0.141. The molecule has 21 heavy (non-hydrogen) atoms. The lowest BCUT2D eigenvalue weighted by Gasteiger charge is -2.07. The van der Waals surface area contributed by atoms with Crippen LogP contribution in [0.5, 0.6) is 5.75 Å². The molecule has 0 aliphatic carbocycles. The number of aromatic hydroxyl groups is 1. The molecule has 0 saturated heterocycles. The number of rotatable bonds is 5. The zero-order valence-corrected chi connectivity index (χ0v) is 12.1. The number of hydrogen-bond donors (Lipinski definition) is 1. The lowest BCUT2D eigenvalue weighted by Crippen LogP contribution is -2.08. The van der Waals surface area contributed by atoms with E-state index in [9.17, 15) is 9.90 Å². The van der Waals surface area contributed by atoms with Crippen molar-refractivity contribution in [2.45, 2.75) is 6.42 Å². The molecule has 1 N–H and O–H groups in total. The number of benzene rings is 2. The van der Waals surface area contributed by atoms with Gasteiger partial charge in [0.25, 0.3) is 0 Å². The summed E-state index contributed by atoms with van der Waals surface area (Å²) in [6, 6.07) is 12.3. The van der Waals surface area contributed by atoms with Crippen LogP contribution in [-0.4, -0.2) is 17.7 Å². The molecule has 0 heterocycles. The van der Waals surface area contributed by atoms with Gasteiger partial charge in [0, 0.05) is 5.02 Å². The smallest absolute Gasteiger partial charge is 0.310 e. The molecule has 0 radical (unpaired) electrons. The molecule has 2 aromatic rings. The minimum absolute atomic E-state index is 0.128. The van der Waals surface area contributed by atoms with Gasteiger partial charge in [-0.05, 0) is 34.9 Å². The summed E-state index contributed by atoms with van der Waals surface area (Å²) in [5.41, 5.74) is 2.58. The summed E-state index contributed by atoms with van der Waals surface area (Å²) < 4.78 is 4.93. The molecule has 0 amide bonds. The van der Waals surface area contributed by atoms with E-state index in [1.54, 1.807) is 36.4 Å². The lowest BCUT2D eigenvalue weighted by atomic mass is 10.0. The fraction of sp³-hybridized carbons (Fsp3) is 0.118. The van der Waals surface area contributed by atoms with Gasteiger partial charge in [-0.15, -0.1) is 0 Å². The number of ether oxygens (including phenoxy) is 1. The van der Waals surface area contributed by atoms with E-state index in [0.717, 1.165) is 11.1 Å². The maximum absolute atomic E-state index is 11.6. The number of carbonyl (C=O) groups is 1. The first kappa shape index (κ1) is 15.1. The van der Waals surface area contributed by atoms with Crippen LogP contribution in [0, 0.1) is 0 Å². The monoisotopic (exact) mass is 302 g/mol. The predicted octanol–water partition coefficient (Wildman–Crippen LogP) is 3.98. The molecule has 0 fully saturated rings. The predicted molar refractivity (Wildman–Crippen MR) is 83.4 cm³/mol. The second kappa shape index (κ2) is 6.95. The summed E-state index contributed by atoms with van der Waals surface area (Å²) in [5, 5.41) is 9.80. The topological polar surface area (TPSA) is 46.5 Å². The highest BCUT2D eigenvalue weighted by atomic mass is 35.5. The van der Waals surface area contributed by atoms with Crippen molar-refractivity contribution >= 4 is 17.6 Å². The van der Waals surface area contributed by atoms with Crippen molar-refractivity contribution < 1.29 is 14.6 Å². The Morgan fingerprint density at radius 2 is 1.86 bits per heavy atom. The molecule has 2 aromatic carbocycles. The van der Waals surface area contributed by atoms with Gasteiger partial charge in [-0.25, -0.2) is 0 Å². The summed E-state index contributed by atoms with van der Waals surface area (Å²) in [4.78, 5) is 11.6. The third kappa shape index (κ3) is 4.10. The Kier molecular flexibility index (Phi) is 5.01. The van der Waals surface area contributed by atoms with E-state index in [2.05, 4.69) is 6.58 Å². The summed E-state index contributed by atoms with van der Waals surface area (Å²) in [7, 11) is 0. The normalized spacial score (nSPS) is 10.1. The molecule has 0 aromatic heterocycles. The first-order chi connectivity index (χ1) is 10.1. The summed E-state index contributed by atoms with van der Waals surface area (Å²) >= 11 is 6.21. The van der Waals surface area contributed by atoms with Gasteiger partial charge in [0.2, 0.25) is 0 Å². The van der Waals surface area contributed by atoms with Crippen molar-refractivity contribution in [1.29, 1.82) is 0 Å². The molecule has 0 aliphatic heterocycles. The highest BCUT2D eigenvalue weighted by molar-refractivity contribution is 6.31. The Bertz CT molecular complexity index is 648. The Labute approximate surface area is 128 Å². The first-order valence-corrected chi connectivity index (χ1v) is 6.82. The van der Waals surface area contributed by atoms with Gasteiger partial charge in [0.05, 0.1) is 6.42 Å². The number of esters is 1. The minimum atomic E-state index is -0.339. The standard InChI is InChI=1S/C17H15ClO3/c1-2-9-21-17(20)11-14-4-3-13(10-16(14)18)12-5-7-15(19)8-6-12/h2-8,10,19H,1,9,11H2. The van der Waals surface area contributed by atoms with E-state index in [1.807, 2.05) is 6.07 Å². The molecule has 0 spiro atoms. The molecule has 0 unspecified atom stereocenters. The van der Waals surface area contributed by atoms with Crippen LogP contribution < -0.4 is 0 Å². The molecule has 0 bridgehead atoms. The van der Waals surface area contributed by atoms with Crippen molar-refractivity contribution in [3.8, 4) is 16.9 Å². The average molecular weight is 303 g/mol. The second-order valence-electron chi connectivity index (χ2n) is 4.50. The van der Waals surface area contributed by atoms with Gasteiger partial charge in [0.15, 0.2) is 0 Å². The van der Waals surface area contributed by atoms with Crippen molar-refractivity contribution in [3.63, 3.8) is 0 Å². The SMILES string of the molecule is C=CCOC(=O)Cc1ccc(-c2ccc(O)cc2)cc1Cl. The van der Waals surface area contributed by atoms with E-state index in [0.29, 0.717) is 10.6 Å². The van der Waals surface area contributed by atoms with Crippen LogP contribution in [0.15, 0.2) is 55.1 Å². The van der Waals surface area contributed by atoms with Gasteiger partial charge < -0.3 is 9.84 Å². The van der Waals surface area contributed by atoms with Gasteiger partial charge >= 0.3 is 5.97 Å². The van der Waals surface area contributed by atoms with Crippen LogP contribution >= 0.6 is 11.6 Å². The van der Waals surface area contributed by atoms with E-state index in [4.69, 9.17) is 16.3 Å². The van der Waals surface area contributed by atoms with E-state index in [1.165, 1.54) is 6.08 Å². The van der Waals surface area contributed by atoms with Gasteiger partial charge in [-0.2, -0.15) is 0 Å². The zero-order chi connectivity index (χ0) is 15.2. The molecule has 0 atom stereocenters. The Hall–Kier alpha value is -2.26. The maximum Gasteiger partial charge on any atom is 0.310 e. The van der Waals surface area contributed by atoms with E-state index in [-0.39, 0.29) is 24.7 Å². The van der Waals surface area contributed by atoms with Crippen LogP contribution in [-0.2, 0) is 16.0 Å². The van der Waals surface area contributed by atoms with Crippen LogP contribution in [0.4, 0.5) is 0 Å². The van der Waals surface area contributed by atoms with Crippen molar-refractivity contribution in [2.75, 3.05) is 6.61 Å². The minimum Gasteiger partial charge on any atom is -0.508 e. The van der Waals surface area contributed by atoms with Gasteiger partial charge in [0.1, 0.15) is 12.4 Å². The molecule has 4 heteroatoms. The Morgan fingerprint density at radius 1 is 1.19 bits per heavy atom. The summed E-state index contributed by atoms with van der Waals surface area (Å²) in [5.74, 6) is -0.124. The van der Waals surface area contributed by atoms with Crippen LogP contribution in [0.2, 0.25) is 5.02 Å². The first-order valence-electron chi connectivity index (χ1n) is 6.44. The summed E-state index contributed by atoms with van der Waals surface area (Å²) in [6.45, 7) is 3.68. The fourth-order valence-corrected chi connectivity index (χ4v) is 2.13. The second-order valence-corrected chi connectivity index (χ2v) is 4.91. The Morgan fingerprint density at radius 3 is 2.48 bits per heavy atom. The van der Waals surface area contributed by atoms with Gasteiger partial charge in [-0.3, -0.25) is 4.79 Å². The molecule has 2 rings (SSSR count). The molecule has 0 aliphatic rings. The highest BCUT2D eigenvalue weighted by Crippen LogP contribution is 2.27. The van der Waals surface area contributed by atoms with Crippen molar-refractivity contribution in [2.24, 2.45) is 0 Å². The average Bonchev–Trinajstić information content (AvgIpc) is 2.48. The van der Waals surface area contributed by atoms with Gasteiger partial charge in [-0.1, -0.05) is 48.5 Å². The largest absolute Gasteiger partial charge is 0.508 e. The number of hydrogen-bond acceptors (Lipinski definition) is 3. The fourth-order valence-electron chi connectivity index (χ4n) is 1.88. The highest BCUT2D eigenvalue weighted by Gasteiger charge is 2.09. The van der Waals surface area contributed by atoms with Crippen LogP contribution in [0.1, 0.15) is 5.56 Å². The third-order valence-corrected chi connectivity index (χ3v) is 3.30. The van der Waals surface area contributed by atoms with Crippen LogP contribution in [0.3, 0.4) is 0 Å². The number of carbonyl (C=O) groups excluding carboxylic acids is 1. The molecule has 108 valence electrons. The molecular weight excluding hydrogens is 288 g/mol. The molecular formula is C17H15ClO3. The third-order valence-electron chi connectivity index (χ3n) is 2.95. The summed E-state index contributed by atoms with van der Waals surface area (Å²) in [6.07, 6.45) is 1.65. The van der Waals surface area contributed by atoms with E-state index >= 15 is 0 Å². The van der Waals surface area contributed by atoms with E-state index < -0.39 is 0 Å². The molecule has 0 saturated carbocycles. The number of phenolic OH excluding ortho intramolecular Hbond substituents is 1. The van der Waals surface area contributed by atoms with Crippen molar-refractivity contribution in [1.82, 2.24) is 0 Å². The van der Waals surface area contributed by atoms with Crippen molar-refractivity contribution in [3.05, 3.63) is 65.7 Å². The quantitative estimate of drug-likeness (QED) is 0.671. The maximum atomic E-state index is 11.6. The Balaban J connectivity index is 2.15. The molecule has 3 nitrogen and oxygen atoms in total. The number of phenols is 1. The van der Waals surface area contributed by atoms with Crippen LogP contribution in [0.25, 0.3) is 11.1 Å².